The number of allylic oxidation sites excluding steroid dienone is 5. The standard InChI is InChI=1S/C68H105N7O18/c1-12-29-90-30-25-58(76)74-28-27-73(40-52(74)64(81)82)66-70-37-48(38-71-66)39-72-67(84)92-53-24-22-47(34-57(53)88-10)33-50(69)56-36-55(87-9)43(4)32-45(6)60(78)61(89-11)59(77)44(5)31-41(2)18-14-13-15-19-42(3)54(86-8)35-49-23-21-46(7)68(85,93-49)62(79)63(80)75-26-17-16-20-51(75)65(83)91-56/h13-15,18-19,32,37-38,41,43-44,46-47,49-57,60-61,78,85H,12,16-17,20-31,33-36,39-40,69H2,1-11H3,(H,72,84)(H,81,82)/b15-13+,18-14+,42-19+,45-32+/t41-,43-,44-,46-,47+,49+,50-,51+,52-,53-,54+,55-,56+,57-,60-,61+,68-/m1/s1. The van der Waals surface area contributed by atoms with Crippen molar-refractivity contribution in [2.45, 2.75) is 218 Å². The number of aliphatic hydroxyl groups is 2. The monoisotopic (exact) mass is 1310 g/mol. The lowest BCUT2D eigenvalue weighted by atomic mass is 9.80. The summed E-state index contributed by atoms with van der Waals surface area (Å²) in [4.78, 5) is 109. The molecule has 4 aliphatic heterocycles. The summed E-state index contributed by atoms with van der Waals surface area (Å²) in [5.41, 5.74) is 9.05. The molecule has 25 nitrogen and oxygen atoms in total. The Labute approximate surface area is 548 Å². The number of nitrogens with zero attached hydrogens (tertiary/aromatic N) is 5. The number of aromatic nitrogens is 2. The van der Waals surface area contributed by atoms with Crippen LogP contribution >= 0.6 is 0 Å². The van der Waals surface area contributed by atoms with Crippen LogP contribution in [0, 0.1) is 29.6 Å². The molecule has 0 unspecified atom stereocenters. The van der Waals surface area contributed by atoms with Crippen molar-refractivity contribution in [3.05, 3.63) is 65.6 Å². The van der Waals surface area contributed by atoms with Crippen molar-refractivity contribution < 1.29 is 86.8 Å². The molecule has 3 amide bonds. The number of esters is 1. The Kier molecular flexibility index (Phi) is 30.0. The van der Waals surface area contributed by atoms with Gasteiger partial charge in [-0.25, -0.2) is 24.4 Å². The van der Waals surface area contributed by atoms with Crippen molar-refractivity contribution in [3.8, 4) is 0 Å². The molecule has 0 aromatic carbocycles. The topological polar surface area (TPSA) is 328 Å². The van der Waals surface area contributed by atoms with Crippen LogP contribution in [0.1, 0.15) is 144 Å². The van der Waals surface area contributed by atoms with Gasteiger partial charge in [-0.3, -0.25) is 19.2 Å². The highest BCUT2D eigenvalue weighted by Crippen LogP contribution is 2.38. The third-order valence-electron chi connectivity index (χ3n) is 19.1. The number of ketones is 2. The maximum atomic E-state index is 14.8. The molecule has 17 atom stereocenters. The number of carboxylic acids is 1. The number of piperidine rings is 1. The van der Waals surface area contributed by atoms with Crippen molar-refractivity contribution in [1.82, 2.24) is 25.1 Å². The van der Waals surface area contributed by atoms with E-state index in [-0.39, 0.29) is 87.9 Å². The number of piperazine rings is 1. The summed E-state index contributed by atoms with van der Waals surface area (Å²) in [6.07, 6.45) is 12.7. The Morgan fingerprint density at radius 1 is 0.828 bits per heavy atom. The molecule has 5 heterocycles. The third kappa shape index (κ3) is 21.0. The van der Waals surface area contributed by atoms with E-state index < -0.39 is 120 Å². The van der Waals surface area contributed by atoms with Gasteiger partial charge >= 0.3 is 18.0 Å². The Hall–Kier alpha value is -6.03. The van der Waals surface area contributed by atoms with Crippen LogP contribution in [0.2, 0.25) is 0 Å². The van der Waals surface area contributed by atoms with E-state index in [9.17, 15) is 48.9 Å². The highest BCUT2D eigenvalue weighted by atomic mass is 16.6. The number of nitrogens with two attached hydrogens (primary N) is 1. The number of hydrogen-bond donors (Lipinski definition) is 5. The van der Waals surface area contributed by atoms with Crippen LogP contribution in [0.3, 0.4) is 0 Å². The normalized spacial score (nSPS) is 34.2. The summed E-state index contributed by atoms with van der Waals surface area (Å²) in [6, 6.07) is -3.13. The number of ether oxygens (including phenoxy) is 8. The second-order valence-corrected chi connectivity index (χ2v) is 26.1. The summed E-state index contributed by atoms with van der Waals surface area (Å²) in [5, 5.41) is 36.6. The fourth-order valence-corrected chi connectivity index (χ4v) is 13.4. The largest absolute Gasteiger partial charge is 0.480 e. The zero-order valence-electron chi connectivity index (χ0n) is 56.5. The summed E-state index contributed by atoms with van der Waals surface area (Å²) in [5.74, 6) is -8.68. The first-order valence-electron chi connectivity index (χ1n) is 33.2. The molecule has 3 saturated heterocycles. The van der Waals surface area contributed by atoms with E-state index in [1.807, 2.05) is 65.0 Å². The van der Waals surface area contributed by atoms with Crippen LogP contribution in [0.5, 0.6) is 0 Å². The lowest BCUT2D eigenvalue weighted by molar-refractivity contribution is -0.265. The van der Waals surface area contributed by atoms with Gasteiger partial charge in [-0.15, -0.1) is 0 Å². The number of aliphatic carboxylic acids is 1. The van der Waals surface area contributed by atoms with Crippen LogP contribution in [-0.2, 0) is 73.2 Å². The smallest absolute Gasteiger partial charge is 0.407 e. The van der Waals surface area contributed by atoms with E-state index in [0.29, 0.717) is 82.1 Å². The predicted molar refractivity (Wildman–Crippen MR) is 344 cm³/mol. The summed E-state index contributed by atoms with van der Waals surface area (Å²) in [7, 11) is 6.00. The van der Waals surface area contributed by atoms with Crippen molar-refractivity contribution in [3.63, 3.8) is 0 Å². The van der Waals surface area contributed by atoms with Crippen molar-refractivity contribution >= 4 is 47.4 Å². The SMILES string of the molecule is CCCOCCC(=O)N1CCN(c2ncc(CNC(=O)O[C@@H]3CC[C@@H](C[C@@H](N)[C@@H]4C[C@@H](OC)[C@H](C)/C=C(\C)[C@@H](O)[C@@H](OC)C(=O)[C@H](C)C[C@H](C)/C=C/C=C/C=C(\C)[C@@H](OC)C[C@@H]5CC[C@@H](C)[C@@](O)(O5)C(=O)C(=O)N5CCCC[C@H]5C(=O)O4)C[C@H]3OC)cn2)C[C@@H]1C(=O)O. The van der Waals surface area contributed by atoms with Gasteiger partial charge in [0.1, 0.15) is 36.5 Å². The number of fused-ring (bicyclic) bond motifs is 3. The molecule has 1 aromatic heterocycles. The number of carbonyl (C=O) groups is 7. The lowest BCUT2D eigenvalue weighted by Gasteiger charge is -2.43. The maximum absolute atomic E-state index is 14.8. The van der Waals surface area contributed by atoms with Gasteiger partial charge in [0.05, 0.1) is 44.0 Å². The molecule has 2 bridgehead atoms. The van der Waals surface area contributed by atoms with E-state index in [1.54, 1.807) is 31.9 Å². The molecule has 4 fully saturated rings. The first-order chi connectivity index (χ1) is 44.4. The molecule has 1 saturated carbocycles. The predicted octanol–water partition coefficient (Wildman–Crippen LogP) is 5.96. The summed E-state index contributed by atoms with van der Waals surface area (Å²) < 4.78 is 47.6. The highest BCUT2D eigenvalue weighted by Gasteiger charge is 2.53. The van der Waals surface area contributed by atoms with Gasteiger partial charge in [0.2, 0.25) is 17.6 Å². The molecule has 5 aliphatic rings. The molecular formula is C68H105N7O18. The number of carboxylic acid groups (broad SMARTS) is 1. The van der Waals surface area contributed by atoms with Gasteiger partial charge in [-0.2, -0.15) is 0 Å². The van der Waals surface area contributed by atoms with Crippen LogP contribution in [-0.4, -0.2) is 217 Å². The van der Waals surface area contributed by atoms with E-state index in [4.69, 9.17) is 43.6 Å². The highest BCUT2D eigenvalue weighted by molar-refractivity contribution is 6.39. The van der Waals surface area contributed by atoms with E-state index >= 15 is 0 Å². The lowest BCUT2D eigenvalue weighted by Crippen LogP contribution is -2.61. The van der Waals surface area contributed by atoms with Crippen molar-refractivity contribution in [2.24, 2.45) is 35.3 Å². The molecule has 6 rings (SSSR count). The zero-order chi connectivity index (χ0) is 68.1. The fourth-order valence-electron chi connectivity index (χ4n) is 13.4. The number of aliphatic hydroxyl groups excluding tert-OH is 1. The first-order valence-corrected chi connectivity index (χ1v) is 33.2. The summed E-state index contributed by atoms with van der Waals surface area (Å²) >= 11 is 0. The Morgan fingerprint density at radius 2 is 1.56 bits per heavy atom. The molecule has 93 heavy (non-hydrogen) atoms. The average Bonchev–Trinajstić information content (AvgIpc) is 0.803. The number of amides is 3. The van der Waals surface area contributed by atoms with Crippen molar-refractivity contribution in [2.75, 3.05) is 72.7 Å². The molecular weight excluding hydrogens is 1200 g/mol. The molecule has 25 heteroatoms. The molecule has 520 valence electrons. The number of Topliss-reactive ketones (excluding diaryl/α,β-unsaturated/α-hetero) is 2. The minimum Gasteiger partial charge on any atom is -0.480 e. The van der Waals surface area contributed by atoms with Gasteiger partial charge in [-0.1, -0.05) is 71.1 Å². The quantitative estimate of drug-likeness (QED) is 0.0520. The number of rotatable bonds is 17. The minimum absolute atomic E-state index is 0.00401. The number of anilines is 1. The number of cyclic esters (lactones) is 1. The van der Waals surface area contributed by atoms with E-state index in [0.717, 1.165) is 12.0 Å². The van der Waals surface area contributed by atoms with Gasteiger partial charge in [0, 0.05) is 116 Å². The van der Waals surface area contributed by atoms with Crippen LogP contribution in [0.25, 0.3) is 0 Å². The number of nitrogens with one attached hydrogen (secondary N) is 1. The Bertz CT molecular complexity index is 2760. The summed E-state index contributed by atoms with van der Waals surface area (Å²) in [6.45, 7) is 14.2. The second kappa shape index (κ2) is 36.7. The number of methoxy groups -OCH3 is 4. The average molecular weight is 1310 g/mol. The number of alkyl carbamates (subject to hydrolysis) is 1. The fraction of sp³-hybridized carbons (Fsp3) is 0.721. The van der Waals surface area contributed by atoms with Gasteiger partial charge in [-0.05, 0) is 107 Å². The molecule has 0 spiro atoms. The minimum atomic E-state index is -2.48. The molecule has 0 radical (unpaired) electrons. The number of hydrogen-bond acceptors (Lipinski definition) is 21. The van der Waals surface area contributed by atoms with Crippen LogP contribution in [0.4, 0.5) is 10.7 Å². The van der Waals surface area contributed by atoms with Crippen LogP contribution < -0.4 is 16.0 Å². The van der Waals surface area contributed by atoms with Gasteiger partial charge < -0.3 is 79.0 Å². The van der Waals surface area contributed by atoms with Crippen molar-refractivity contribution in [1.29, 1.82) is 0 Å². The maximum Gasteiger partial charge on any atom is 0.407 e. The Balaban J connectivity index is 1.17. The zero-order valence-corrected chi connectivity index (χ0v) is 56.5. The van der Waals surface area contributed by atoms with Crippen LogP contribution in [0.15, 0.2) is 60.0 Å². The molecule has 1 aromatic rings. The first kappa shape index (κ1) is 76.0. The van der Waals surface area contributed by atoms with E-state index in [2.05, 4.69) is 15.3 Å². The van der Waals surface area contributed by atoms with E-state index in [1.165, 1.54) is 43.5 Å². The Morgan fingerprint density at radius 3 is 2.24 bits per heavy atom. The second-order valence-electron chi connectivity index (χ2n) is 26.1. The van der Waals surface area contributed by atoms with Gasteiger partial charge in [0.25, 0.3) is 11.7 Å². The van der Waals surface area contributed by atoms with Gasteiger partial charge in [0.15, 0.2) is 5.78 Å². The third-order valence-corrected chi connectivity index (χ3v) is 19.1. The number of carbonyl (C=O) groups excluding carboxylic acids is 6. The molecule has 1 aliphatic carbocycles. The molecule has 6 N–H and O–H groups in total.